The second kappa shape index (κ2) is 7.03. The van der Waals surface area contributed by atoms with Gasteiger partial charge in [-0.25, -0.2) is 4.98 Å². The highest BCUT2D eigenvalue weighted by atomic mass is 16.5. The third kappa shape index (κ3) is 3.67. The van der Waals surface area contributed by atoms with Crippen molar-refractivity contribution in [1.82, 2.24) is 4.98 Å². The molecule has 0 fully saturated rings. The van der Waals surface area contributed by atoms with E-state index >= 15 is 0 Å². The van der Waals surface area contributed by atoms with Gasteiger partial charge >= 0.3 is 0 Å². The maximum absolute atomic E-state index is 9.00. The molecule has 0 radical (unpaired) electrons. The molecular weight excluding hydrogens is 206 g/mol. The van der Waals surface area contributed by atoms with Crippen molar-refractivity contribution in [2.45, 2.75) is 0 Å². The lowest BCUT2D eigenvalue weighted by Crippen LogP contribution is -2.30. The largest absolute Gasteiger partial charge is 0.395 e. The Hall–Kier alpha value is -1.33. The minimum absolute atomic E-state index is 0.106. The van der Waals surface area contributed by atoms with Gasteiger partial charge in [-0.3, -0.25) is 0 Å². The summed E-state index contributed by atoms with van der Waals surface area (Å²) in [6.45, 7) is 2.00. The summed E-state index contributed by atoms with van der Waals surface area (Å²) in [6.07, 6.45) is 0. The zero-order valence-electron chi connectivity index (χ0n) is 9.81. The van der Waals surface area contributed by atoms with Crippen LogP contribution in [0.1, 0.15) is 0 Å². The maximum Gasteiger partial charge on any atom is 0.131 e. The average Bonchev–Trinajstić information content (AvgIpc) is 2.34. The Bertz CT molecular complexity index is 307. The minimum Gasteiger partial charge on any atom is -0.395 e. The first-order chi connectivity index (χ1) is 7.81. The Balaban J connectivity index is 2.73. The van der Waals surface area contributed by atoms with Crippen LogP contribution in [0.3, 0.4) is 0 Å². The molecule has 0 amide bonds. The van der Waals surface area contributed by atoms with Crippen LogP contribution in [0.5, 0.6) is 0 Å². The number of methoxy groups -OCH3 is 1. The molecule has 0 aliphatic heterocycles. The van der Waals surface area contributed by atoms with Crippen molar-refractivity contribution in [3.05, 3.63) is 18.2 Å². The van der Waals surface area contributed by atoms with E-state index in [0.717, 1.165) is 18.2 Å². The zero-order chi connectivity index (χ0) is 11.8. The van der Waals surface area contributed by atoms with E-state index < -0.39 is 0 Å². The molecule has 0 bridgehead atoms. The Labute approximate surface area is 96.1 Å². The molecule has 90 valence electrons. The molecule has 0 aliphatic rings. The number of nitrogens with zero attached hydrogens (tertiary/aromatic N) is 2. The smallest absolute Gasteiger partial charge is 0.131 e. The van der Waals surface area contributed by atoms with E-state index in [4.69, 9.17) is 9.84 Å². The monoisotopic (exact) mass is 225 g/mol. The van der Waals surface area contributed by atoms with Crippen LogP contribution in [-0.4, -0.2) is 50.6 Å². The number of rotatable bonds is 7. The van der Waals surface area contributed by atoms with Crippen LogP contribution < -0.4 is 10.2 Å². The predicted molar refractivity (Wildman–Crippen MR) is 65.0 cm³/mol. The van der Waals surface area contributed by atoms with Gasteiger partial charge in [-0.1, -0.05) is 6.07 Å². The van der Waals surface area contributed by atoms with Crippen molar-refractivity contribution >= 4 is 11.6 Å². The highest BCUT2D eigenvalue weighted by Crippen LogP contribution is 2.13. The SMILES string of the molecule is CNc1cccc(N(CCO)CCOC)n1. The Morgan fingerprint density at radius 1 is 1.44 bits per heavy atom. The van der Waals surface area contributed by atoms with Gasteiger partial charge in [-0.2, -0.15) is 0 Å². The normalized spacial score (nSPS) is 10.2. The molecule has 0 atom stereocenters. The molecule has 1 heterocycles. The number of anilines is 2. The number of aromatic nitrogens is 1. The third-order valence-corrected chi connectivity index (χ3v) is 2.25. The molecule has 1 rings (SSSR count). The number of nitrogens with one attached hydrogen (secondary N) is 1. The summed E-state index contributed by atoms with van der Waals surface area (Å²) in [4.78, 5) is 6.40. The molecule has 2 N–H and O–H groups in total. The Morgan fingerprint density at radius 2 is 2.25 bits per heavy atom. The molecule has 0 spiro atoms. The first kappa shape index (κ1) is 12.7. The van der Waals surface area contributed by atoms with Crippen molar-refractivity contribution in [2.24, 2.45) is 0 Å². The van der Waals surface area contributed by atoms with E-state index in [9.17, 15) is 0 Å². The van der Waals surface area contributed by atoms with Crippen molar-refractivity contribution in [1.29, 1.82) is 0 Å². The lowest BCUT2D eigenvalue weighted by Gasteiger charge is -2.22. The van der Waals surface area contributed by atoms with Crippen molar-refractivity contribution in [2.75, 3.05) is 50.7 Å². The van der Waals surface area contributed by atoms with E-state index in [-0.39, 0.29) is 6.61 Å². The maximum atomic E-state index is 9.00. The van der Waals surface area contributed by atoms with E-state index in [1.54, 1.807) is 7.11 Å². The first-order valence-corrected chi connectivity index (χ1v) is 5.31. The summed E-state index contributed by atoms with van der Waals surface area (Å²) < 4.78 is 5.03. The molecule has 1 aromatic heterocycles. The molecule has 0 saturated heterocycles. The van der Waals surface area contributed by atoms with E-state index in [0.29, 0.717) is 13.2 Å². The van der Waals surface area contributed by atoms with E-state index in [1.165, 1.54) is 0 Å². The van der Waals surface area contributed by atoms with Crippen molar-refractivity contribution in [3.63, 3.8) is 0 Å². The van der Waals surface area contributed by atoms with Gasteiger partial charge in [0.1, 0.15) is 11.6 Å². The molecule has 16 heavy (non-hydrogen) atoms. The highest BCUT2D eigenvalue weighted by Gasteiger charge is 2.07. The third-order valence-electron chi connectivity index (χ3n) is 2.25. The second-order valence-corrected chi connectivity index (χ2v) is 3.33. The van der Waals surface area contributed by atoms with E-state index in [1.807, 2.05) is 30.1 Å². The van der Waals surface area contributed by atoms with Crippen LogP contribution >= 0.6 is 0 Å². The molecule has 0 aliphatic carbocycles. The minimum atomic E-state index is 0.106. The standard InChI is InChI=1S/C11H19N3O2/c1-12-10-4-3-5-11(13-10)14(6-8-15)7-9-16-2/h3-5,15H,6-9H2,1-2H3,(H,12,13). The van der Waals surface area contributed by atoms with Gasteiger partial charge in [0.05, 0.1) is 13.2 Å². The molecular formula is C11H19N3O2. The number of aliphatic hydroxyl groups is 1. The molecule has 5 nitrogen and oxygen atoms in total. The van der Waals surface area contributed by atoms with Gasteiger partial charge in [-0.05, 0) is 12.1 Å². The zero-order valence-corrected chi connectivity index (χ0v) is 9.81. The number of pyridine rings is 1. The Kier molecular flexibility index (Phi) is 5.60. The van der Waals surface area contributed by atoms with Crippen LogP contribution in [0, 0.1) is 0 Å². The number of hydrogen-bond acceptors (Lipinski definition) is 5. The Morgan fingerprint density at radius 3 is 2.88 bits per heavy atom. The summed E-state index contributed by atoms with van der Waals surface area (Å²) in [6, 6.07) is 5.76. The second-order valence-electron chi connectivity index (χ2n) is 3.33. The highest BCUT2D eigenvalue weighted by molar-refractivity contribution is 5.46. The summed E-state index contributed by atoms with van der Waals surface area (Å²) >= 11 is 0. The fourth-order valence-corrected chi connectivity index (χ4v) is 1.40. The van der Waals surface area contributed by atoms with Crippen molar-refractivity contribution < 1.29 is 9.84 Å². The topological polar surface area (TPSA) is 57.6 Å². The molecule has 1 aromatic rings. The predicted octanol–water partition coefficient (Wildman–Crippen LogP) is 0.568. The average molecular weight is 225 g/mol. The van der Waals surface area contributed by atoms with Crippen LogP contribution in [-0.2, 0) is 4.74 Å². The van der Waals surface area contributed by atoms with Gasteiger partial charge in [0, 0.05) is 27.2 Å². The summed E-state index contributed by atoms with van der Waals surface area (Å²) in [5, 5.41) is 12.0. The molecule has 5 heteroatoms. The number of aliphatic hydroxyl groups excluding tert-OH is 1. The van der Waals surface area contributed by atoms with Gasteiger partial charge in [0.15, 0.2) is 0 Å². The van der Waals surface area contributed by atoms with Crippen LogP contribution in [0.4, 0.5) is 11.6 Å². The quantitative estimate of drug-likeness (QED) is 0.710. The first-order valence-electron chi connectivity index (χ1n) is 5.31. The van der Waals surface area contributed by atoms with Gasteiger partial charge in [0.25, 0.3) is 0 Å². The van der Waals surface area contributed by atoms with E-state index in [2.05, 4.69) is 10.3 Å². The number of hydrogen-bond donors (Lipinski definition) is 2. The molecule has 0 saturated carbocycles. The van der Waals surface area contributed by atoms with Crippen LogP contribution in [0.15, 0.2) is 18.2 Å². The van der Waals surface area contributed by atoms with Crippen LogP contribution in [0.25, 0.3) is 0 Å². The summed E-state index contributed by atoms with van der Waals surface area (Å²) in [7, 11) is 3.49. The van der Waals surface area contributed by atoms with Gasteiger partial charge in [0.2, 0.25) is 0 Å². The van der Waals surface area contributed by atoms with Gasteiger partial charge in [-0.15, -0.1) is 0 Å². The van der Waals surface area contributed by atoms with Gasteiger partial charge < -0.3 is 20.1 Å². The summed E-state index contributed by atoms with van der Waals surface area (Å²) in [5.74, 6) is 1.66. The number of ether oxygens (including phenoxy) is 1. The lowest BCUT2D eigenvalue weighted by molar-refractivity contribution is 0.202. The molecule has 0 unspecified atom stereocenters. The summed E-state index contributed by atoms with van der Waals surface area (Å²) in [5.41, 5.74) is 0. The fraction of sp³-hybridized carbons (Fsp3) is 0.545. The fourth-order valence-electron chi connectivity index (χ4n) is 1.40. The van der Waals surface area contributed by atoms with Crippen molar-refractivity contribution in [3.8, 4) is 0 Å². The van der Waals surface area contributed by atoms with Crippen LogP contribution in [0.2, 0.25) is 0 Å². The lowest BCUT2D eigenvalue weighted by atomic mass is 10.4. The molecule has 0 aromatic carbocycles.